The van der Waals surface area contributed by atoms with Crippen LogP contribution in [0.15, 0.2) is 24.4 Å². The third-order valence-electron chi connectivity index (χ3n) is 2.70. The molecule has 2 rings (SSSR count). The van der Waals surface area contributed by atoms with E-state index in [4.69, 9.17) is 23.2 Å². The Morgan fingerprint density at radius 1 is 1.38 bits per heavy atom. The normalized spacial score (nSPS) is 10.4. The second-order valence-electron chi connectivity index (χ2n) is 4.37. The molecule has 2 aromatic heterocycles. The largest absolute Gasteiger partial charge is 0.369 e. The lowest BCUT2D eigenvalue weighted by Gasteiger charge is -2.08. The highest BCUT2D eigenvalue weighted by atomic mass is 35.5. The zero-order chi connectivity index (χ0) is 15.2. The van der Waals surface area contributed by atoms with Gasteiger partial charge in [-0.1, -0.05) is 30.1 Å². The van der Waals surface area contributed by atoms with Crippen LogP contribution < -0.4 is 10.6 Å². The summed E-state index contributed by atoms with van der Waals surface area (Å²) >= 11 is 13.4. The number of pyridine rings is 1. The first-order chi connectivity index (χ1) is 10.1. The summed E-state index contributed by atoms with van der Waals surface area (Å²) in [6.07, 6.45) is 2.49. The van der Waals surface area contributed by atoms with Crippen LogP contribution in [0, 0.1) is 0 Å². The van der Waals surface area contributed by atoms with Crippen LogP contribution in [-0.4, -0.2) is 17.4 Å². The summed E-state index contributed by atoms with van der Waals surface area (Å²) < 4.78 is 0.704. The smallest absolute Gasteiger partial charge is 0.253 e. The molecule has 0 aliphatic rings. The van der Waals surface area contributed by atoms with E-state index < -0.39 is 0 Å². The van der Waals surface area contributed by atoms with Crippen LogP contribution in [0.5, 0.6) is 0 Å². The molecule has 0 unspecified atom stereocenters. The van der Waals surface area contributed by atoms with E-state index in [1.807, 2.05) is 6.07 Å². The number of halogens is 2. The molecule has 0 radical (unpaired) electrons. The van der Waals surface area contributed by atoms with E-state index in [1.165, 1.54) is 17.5 Å². The average molecular weight is 344 g/mol. The quantitative estimate of drug-likeness (QED) is 0.826. The van der Waals surface area contributed by atoms with Gasteiger partial charge in [0.1, 0.15) is 5.82 Å². The molecule has 0 atom stereocenters. The number of nitrogens with zero attached hydrogens (tertiary/aromatic N) is 1. The second-order valence-corrected chi connectivity index (χ2v) is 6.58. The SMILES string of the molecule is CCCNc1ncc(C(=O)NCc2ccc(Cl)s2)cc1Cl. The van der Waals surface area contributed by atoms with Crippen molar-refractivity contribution in [2.75, 3.05) is 11.9 Å². The number of thiophene rings is 1. The minimum Gasteiger partial charge on any atom is -0.369 e. The molecule has 0 saturated carbocycles. The molecule has 0 spiro atoms. The first-order valence-corrected chi connectivity index (χ1v) is 8.09. The van der Waals surface area contributed by atoms with Crippen molar-refractivity contribution < 1.29 is 4.79 Å². The molecule has 2 N–H and O–H groups in total. The number of carbonyl (C=O) groups excluding carboxylic acids is 1. The molecule has 4 nitrogen and oxygen atoms in total. The minimum atomic E-state index is -0.212. The lowest BCUT2D eigenvalue weighted by atomic mass is 10.2. The van der Waals surface area contributed by atoms with Crippen molar-refractivity contribution in [2.24, 2.45) is 0 Å². The minimum absolute atomic E-state index is 0.212. The molecule has 2 aromatic rings. The number of rotatable bonds is 6. The van der Waals surface area contributed by atoms with E-state index in [2.05, 4.69) is 22.5 Å². The van der Waals surface area contributed by atoms with E-state index in [0.29, 0.717) is 27.3 Å². The zero-order valence-corrected chi connectivity index (χ0v) is 13.8. The van der Waals surface area contributed by atoms with Crippen molar-refractivity contribution in [3.05, 3.63) is 44.2 Å². The number of hydrogen-bond acceptors (Lipinski definition) is 4. The Morgan fingerprint density at radius 2 is 2.19 bits per heavy atom. The van der Waals surface area contributed by atoms with Gasteiger partial charge >= 0.3 is 0 Å². The topological polar surface area (TPSA) is 54.0 Å². The number of nitrogens with one attached hydrogen (secondary N) is 2. The van der Waals surface area contributed by atoms with E-state index in [0.717, 1.165) is 17.8 Å². The van der Waals surface area contributed by atoms with Crippen LogP contribution in [0.2, 0.25) is 9.36 Å². The van der Waals surface area contributed by atoms with Crippen LogP contribution in [0.1, 0.15) is 28.6 Å². The third-order valence-corrected chi connectivity index (χ3v) is 4.22. The molecule has 21 heavy (non-hydrogen) atoms. The Labute approximate surface area is 137 Å². The highest BCUT2D eigenvalue weighted by Crippen LogP contribution is 2.22. The van der Waals surface area contributed by atoms with Crippen molar-refractivity contribution >= 4 is 46.3 Å². The summed E-state index contributed by atoms with van der Waals surface area (Å²) in [7, 11) is 0. The molecule has 0 fully saturated rings. The maximum absolute atomic E-state index is 12.0. The molecule has 1 amide bonds. The van der Waals surface area contributed by atoms with Gasteiger partial charge in [0.15, 0.2) is 0 Å². The van der Waals surface area contributed by atoms with Crippen molar-refractivity contribution in [2.45, 2.75) is 19.9 Å². The van der Waals surface area contributed by atoms with Gasteiger partial charge in [0.2, 0.25) is 0 Å². The van der Waals surface area contributed by atoms with E-state index in [-0.39, 0.29) is 5.91 Å². The van der Waals surface area contributed by atoms with Crippen molar-refractivity contribution in [3.8, 4) is 0 Å². The fourth-order valence-corrected chi connectivity index (χ4v) is 2.91. The fraction of sp³-hybridized carbons (Fsp3) is 0.286. The van der Waals surface area contributed by atoms with Gasteiger partial charge < -0.3 is 10.6 Å². The van der Waals surface area contributed by atoms with E-state index in [9.17, 15) is 4.79 Å². The highest BCUT2D eigenvalue weighted by molar-refractivity contribution is 7.16. The molecule has 0 bridgehead atoms. The first-order valence-electron chi connectivity index (χ1n) is 6.52. The Balaban J connectivity index is 1.97. The maximum Gasteiger partial charge on any atom is 0.253 e. The maximum atomic E-state index is 12.0. The van der Waals surface area contributed by atoms with Gasteiger partial charge in [-0.25, -0.2) is 4.98 Å². The van der Waals surface area contributed by atoms with Crippen molar-refractivity contribution in [1.29, 1.82) is 0 Å². The monoisotopic (exact) mass is 343 g/mol. The fourth-order valence-electron chi connectivity index (χ4n) is 1.65. The van der Waals surface area contributed by atoms with Crippen LogP contribution in [-0.2, 0) is 6.54 Å². The van der Waals surface area contributed by atoms with Crippen LogP contribution in [0.3, 0.4) is 0 Å². The van der Waals surface area contributed by atoms with Gasteiger partial charge in [-0.15, -0.1) is 11.3 Å². The lowest BCUT2D eigenvalue weighted by molar-refractivity contribution is 0.0951. The standard InChI is InChI=1S/C14H15Cl2N3OS/c1-2-5-17-13-11(15)6-9(7-18-13)14(20)19-8-10-3-4-12(16)21-10/h3-4,6-7H,2,5,8H2,1H3,(H,17,18)(H,19,20). The number of hydrogen-bond donors (Lipinski definition) is 2. The molecule has 0 aromatic carbocycles. The Bertz CT molecular complexity index is 630. The molecule has 7 heteroatoms. The van der Waals surface area contributed by atoms with Crippen molar-refractivity contribution in [3.63, 3.8) is 0 Å². The van der Waals surface area contributed by atoms with Crippen molar-refractivity contribution in [1.82, 2.24) is 10.3 Å². The molecular formula is C14H15Cl2N3OS. The summed E-state index contributed by atoms with van der Waals surface area (Å²) in [5.41, 5.74) is 0.435. The number of amides is 1. The molecule has 0 aliphatic heterocycles. The zero-order valence-electron chi connectivity index (χ0n) is 11.5. The summed E-state index contributed by atoms with van der Waals surface area (Å²) in [5.74, 6) is 0.385. The van der Waals surface area contributed by atoms with Gasteiger partial charge in [-0.3, -0.25) is 4.79 Å². The second kappa shape index (κ2) is 7.64. The Morgan fingerprint density at radius 3 is 2.81 bits per heavy atom. The summed E-state index contributed by atoms with van der Waals surface area (Å²) in [4.78, 5) is 17.2. The predicted octanol–water partition coefficient (Wildman–Crippen LogP) is 4.20. The van der Waals surface area contributed by atoms with Crippen LogP contribution in [0.4, 0.5) is 5.82 Å². The third kappa shape index (κ3) is 4.59. The number of carbonyl (C=O) groups is 1. The molecule has 112 valence electrons. The van der Waals surface area contributed by atoms with Gasteiger partial charge in [0, 0.05) is 17.6 Å². The van der Waals surface area contributed by atoms with Crippen LogP contribution in [0.25, 0.3) is 0 Å². The van der Waals surface area contributed by atoms with Crippen LogP contribution >= 0.6 is 34.5 Å². The van der Waals surface area contributed by atoms with Gasteiger partial charge in [0.05, 0.1) is 21.5 Å². The Hall–Kier alpha value is -1.30. The first kappa shape index (κ1) is 16.1. The molecule has 0 saturated heterocycles. The molecule has 0 aliphatic carbocycles. The Kier molecular flexibility index (Phi) is 5.85. The van der Waals surface area contributed by atoms with E-state index >= 15 is 0 Å². The van der Waals surface area contributed by atoms with Gasteiger partial charge in [0.25, 0.3) is 5.91 Å². The summed E-state index contributed by atoms with van der Waals surface area (Å²) in [6, 6.07) is 5.31. The predicted molar refractivity (Wildman–Crippen MR) is 88.5 cm³/mol. The average Bonchev–Trinajstić information content (AvgIpc) is 2.89. The molecule has 2 heterocycles. The summed E-state index contributed by atoms with van der Waals surface area (Å²) in [5, 5.41) is 6.35. The molecular weight excluding hydrogens is 329 g/mol. The summed E-state index contributed by atoms with van der Waals surface area (Å²) in [6.45, 7) is 3.28. The number of anilines is 1. The lowest BCUT2D eigenvalue weighted by Crippen LogP contribution is -2.22. The van der Waals surface area contributed by atoms with E-state index in [1.54, 1.807) is 12.1 Å². The van der Waals surface area contributed by atoms with Gasteiger partial charge in [-0.2, -0.15) is 0 Å². The number of aromatic nitrogens is 1. The van der Waals surface area contributed by atoms with Gasteiger partial charge in [-0.05, 0) is 24.6 Å². The highest BCUT2D eigenvalue weighted by Gasteiger charge is 2.10.